The van der Waals surface area contributed by atoms with Crippen LogP contribution in [-0.2, 0) is 4.74 Å². The number of nitrogens with one attached hydrogen (secondary N) is 1. The minimum Gasteiger partial charge on any atom is -0.380 e. The average molecular weight is 402 g/mol. The lowest BCUT2D eigenvalue weighted by atomic mass is 10.1. The summed E-state index contributed by atoms with van der Waals surface area (Å²) in [6.45, 7) is 3.72. The van der Waals surface area contributed by atoms with Crippen LogP contribution in [0.1, 0.15) is 19.8 Å². The zero-order valence-electron chi connectivity index (χ0n) is 16.3. The number of hydrogen-bond donors (Lipinski definition) is 1. The Labute approximate surface area is 168 Å². The quantitative estimate of drug-likeness (QED) is 0.699. The molecule has 4 rings (SSSR count). The van der Waals surface area contributed by atoms with E-state index < -0.39 is 11.6 Å². The first-order valence-electron chi connectivity index (χ1n) is 9.42. The molecule has 0 amide bonds. The number of halogens is 2. The van der Waals surface area contributed by atoms with E-state index in [1.807, 2.05) is 19.1 Å². The van der Waals surface area contributed by atoms with Gasteiger partial charge in [-0.15, -0.1) is 5.10 Å². The first-order valence-corrected chi connectivity index (χ1v) is 9.42. The van der Waals surface area contributed by atoms with Crippen LogP contribution >= 0.6 is 0 Å². The Morgan fingerprint density at radius 1 is 1.17 bits per heavy atom. The molecule has 0 bridgehead atoms. The molecule has 0 spiro atoms. The summed E-state index contributed by atoms with van der Waals surface area (Å²) in [7, 11) is 1.73. The number of hydrogen-bond acceptors (Lipinski definition) is 6. The van der Waals surface area contributed by atoms with Crippen LogP contribution in [0.15, 0.2) is 36.7 Å². The van der Waals surface area contributed by atoms with Gasteiger partial charge in [-0.2, -0.15) is 4.98 Å². The molecule has 1 saturated heterocycles. The van der Waals surface area contributed by atoms with Crippen LogP contribution in [0.25, 0.3) is 5.69 Å². The number of anilines is 3. The predicted molar refractivity (Wildman–Crippen MR) is 108 cm³/mol. The highest BCUT2D eigenvalue weighted by molar-refractivity contribution is 5.55. The number of aromatic nitrogens is 4. The van der Waals surface area contributed by atoms with E-state index in [-0.39, 0.29) is 19.2 Å². The summed E-state index contributed by atoms with van der Waals surface area (Å²) in [5.41, 5.74) is 1.29. The number of ether oxygens (including phenoxy) is 1. The van der Waals surface area contributed by atoms with Crippen molar-refractivity contribution in [1.29, 1.82) is 0 Å². The first kappa shape index (κ1) is 19.3. The number of aryl methyl sites for hydroxylation is 1. The van der Waals surface area contributed by atoms with Gasteiger partial charge in [0.15, 0.2) is 0 Å². The second kappa shape index (κ2) is 8.12. The van der Waals surface area contributed by atoms with Gasteiger partial charge in [-0.1, -0.05) is 0 Å². The minimum absolute atomic E-state index is 0. The fourth-order valence-electron chi connectivity index (χ4n) is 3.44. The minimum atomic E-state index is -0.675. The second-order valence-electron chi connectivity index (χ2n) is 7.10. The number of rotatable bonds is 5. The largest absolute Gasteiger partial charge is 0.380 e. The summed E-state index contributed by atoms with van der Waals surface area (Å²) in [6.07, 6.45) is 3.69. The zero-order valence-corrected chi connectivity index (χ0v) is 16.3. The Hall–Kier alpha value is -3.07. The van der Waals surface area contributed by atoms with Gasteiger partial charge in [0.05, 0.1) is 11.8 Å². The van der Waals surface area contributed by atoms with E-state index in [1.165, 1.54) is 23.1 Å². The molecule has 3 aromatic rings. The third-order valence-corrected chi connectivity index (χ3v) is 4.84. The molecular weight excluding hydrogens is 378 g/mol. The fraction of sp³-hybridized carbons (Fsp3) is 0.350. The normalized spacial score (nSPS) is 16.8. The SMILES string of the molecule is COC1CCCN(c2cc(C)cc(Nc3ncn(-c4cc(F)cc(F)c4)n3)n2)C1.[HH]. The third kappa shape index (κ3) is 4.51. The van der Waals surface area contributed by atoms with Gasteiger partial charge >= 0.3 is 0 Å². The van der Waals surface area contributed by atoms with Gasteiger partial charge < -0.3 is 15.0 Å². The molecular formula is C20H24F2N6O. The number of benzene rings is 1. The Bertz CT molecular complexity index is 994. The van der Waals surface area contributed by atoms with Gasteiger partial charge in [-0.3, -0.25) is 0 Å². The molecule has 154 valence electrons. The number of pyridine rings is 1. The molecule has 1 N–H and O–H groups in total. The Balaban J connectivity index is 0.00000256. The van der Waals surface area contributed by atoms with Crippen molar-refractivity contribution in [2.24, 2.45) is 0 Å². The standard InChI is InChI=1S/C20H22F2N6O.H2/c1-13-6-18(24-19(7-13)27-5-3-4-17(11-27)29-2)25-20-23-12-28(26-20)16-9-14(21)8-15(22)10-16;/h6-10,12,17H,3-5,11H2,1-2H3,(H,24,25,26);1H. The highest BCUT2D eigenvalue weighted by Gasteiger charge is 2.21. The van der Waals surface area contributed by atoms with Crippen molar-refractivity contribution in [1.82, 2.24) is 19.7 Å². The van der Waals surface area contributed by atoms with Crippen molar-refractivity contribution in [3.63, 3.8) is 0 Å². The summed E-state index contributed by atoms with van der Waals surface area (Å²) in [4.78, 5) is 11.1. The van der Waals surface area contributed by atoms with Gasteiger partial charge in [-0.25, -0.2) is 18.4 Å². The molecule has 1 fully saturated rings. The first-order chi connectivity index (χ1) is 14.0. The van der Waals surface area contributed by atoms with Crippen LogP contribution in [0.2, 0.25) is 0 Å². The van der Waals surface area contributed by atoms with Crippen molar-refractivity contribution >= 4 is 17.6 Å². The molecule has 0 aliphatic carbocycles. The molecule has 9 heteroatoms. The number of piperidine rings is 1. The van der Waals surface area contributed by atoms with Crippen LogP contribution < -0.4 is 10.2 Å². The Morgan fingerprint density at radius 2 is 1.97 bits per heavy atom. The molecule has 1 aliphatic rings. The van der Waals surface area contributed by atoms with E-state index in [0.29, 0.717) is 5.82 Å². The molecule has 1 atom stereocenters. The molecule has 7 nitrogen and oxygen atoms in total. The molecule has 0 radical (unpaired) electrons. The lowest BCUT2D eigenvalue weighted by Gasteiger charge is -2.33. The summed E-state index contributed by atoms with van der Waals surface area (Å²) >= 11 is 0. The average Bonchev–Trinajstić information content (AvgIpc) is 3.15. The van der Waals surface area contributed by atoms with Crippen LogP contribution in [0.3, 0.4) is 0 Å². The van der Waals surface area contributed by atoms with E-state index in [4.69, 9.17) is 4.74 Å². The van der Waals surface area contributed by atoms with Crippen LogP contribution in [0, 0.1) is 18.6 Å². The van der Waals surface area contributed by atoms with E-state index >= 15 is 0 Å². The Morgan fingerprint density at radius 3 is 2.72 bits per heavy atom. The molecule has 29 heavy (non-hydrogen) atoms. The summed E-state index contributed by atoms with van der Waals surface area (Å²) < 4.78 is 33.7. The summed E-state index contributed by atoms with van der Waals surface area (Å²) in [6, 6.07) is 7.11. The van der Waals surface area contributed by atoms with Crippen molar-refractivity contribution < 1.29 is 14.9 Å². The van der Waals surface area contributed by atoms with Gasteiger partial charge in [0.2, 0.25) is 5.95 Å². The maximum Gasteiger partial charge on any atom is 0.248 e. The summed E-state index contributed by atoms with van der Waals surface area (Å²) in [5, 5.41) is 7.31. The predicted octanol–water partition coefficient (Wildman–Crippen LogP) is 3.85. The van der Waals surface area contributed by atoms with E-state index in [2.05, 4.69) is 25.3 Å². The van der Waals surface area contributed by atoms with Crippen LogP contribution in [0.5, 0.6) is 0 Å². The van der Waals surface area contributed by atoms with Crippen molar-refractivity contribution in [2.75, 3.05) is 30.4 Å². The van der Waals surface area contributed by atoms with Crippen LogP contribution in [0.4, 0.5) is 26.4 Å². The van der Waals surface area contributed by atoms with E-state index in [1.54, 1.807) is 7.11 Å². The van der Waals surface area contributed by atoms with Crippen molar-refractivity contribution in [3.8, 4) is 5.69 Å². The van der Waals surface area contributed by atoms with Crippen LogP contribution in [-0.4, -0.2) is 46.1 Å². The zero-order chi connectivity index (χ0) is 20.4. The third-order valence-electron chi connectivity index (χ3n) is 4.84. The maximum absolute atomic E-state index is 13.4. The number of nitrogens with zero attached hydrogens (tertiary/aromatic N) is 5. The van der Waals surface area contributed by atoms with Crippen molar-refractivity contribution in [2.45, 2.75) is 25.9 Å². The lowest BCUT2D eigenvalue weighted by molar-refractivity contribution is 0.0891. The monoisotopic (exact) mass is 402 g/mol. The van der Waals surface area contributed by atoms with Gasteiger partial charge in [0.1, 0.15) is 29.6 Å². The molecule has 0 saturated carbocycles. The lowest BCUT2D eigenvalue weighted by Crippen LogP contribution is -2.39. The molecule has 1 unspecified atom stereocenters. The van der Waals surface area contributed by atoms with E-state index in [9.17, 15) is 8.78 Å². The van der Waals surface area contributed by atoms with Crippen molar-refractivity contribution in [3.05, 3.63) is 53.9 Å². The molecule has 2 aromatic heterocycles. The second-order valence-corrected chi connectivity index (χ2v) is 7.10. The van der Waals surface area contributed by atoms with E-state index in [0.717, 1.165) is 43.4 Å². The number of methoxy groups -OCH3 is 1. The summed E-state index contributed by atoms with van der Waals surface area (Å²) in [5.74, 6) is 0.396. The highest BCUT2D eigenvalue weighted by Crippen LogP contribution is 2.24. The molecule has 3 heterocycles. The van der Waals surface area contributed by atoms with Gasteiger partial charge in [0, 0.05) is 27.7 Å². The maximum atomic E-state index is 13.4. The molecule has 1 aliphatic heterocycles. The topological polar surface area (TPSA) is 68.1 Å². The Kier molecular flexibility index (Phi) is 5.39. The van der Waals surface area contributed by atoms with Gasteiger partial charge in [-0.05, 0) is 49.6 Å². The smallest absolute Gasteiger partial charge is 0.248 e. The molecule has 1 aromatic carbocycles. The highest BCUT2D eigenvalue weighted by atomic mass is 19.1. The fourth-order valence-corrected chi connectivity index (χ4v) is 3.44. The van der Waals surface area contributed by atoms with Gasteiger partial charge in [0.25, 0.3) is 0 Å².